The summed E-state index contributed by atoms with van der Waals surface area (Å²) in [5.41, 5.74) is 9.18. The normalized spacial score (nSPS) is 46.5. The maximum absolute atomic E-state index is 6.34. The highest BCUT2D eigenvalue weighted by molar-refractivity contribution is 5.25. The van der Waals surface area contributed by atoms with Crippen molar-refractivity contribution in [3.05, 3.63) is 11.6 Å². The number of hydrogen-bond donors (Lipinski definition) is 1. The zero-order valence-corrected chi connectivity index (χ0v) is 19.5. The molecule has 160 valence electrons. The summed E-state index contributed by atoms with van der Waals surface area (Å²) >= 11 is 0. The van der Waals surface area contributed by atoms with Crippen LogP contribution in [-0.4, -0.2) is 6.04 Å². The molecule has 0 amide bonds. The van der Waals surface area contributed by atoms with E-state index in [0.717, 1.165) is 35.5 Å². The minimum atomic E-state index is 0.423. The summed E-state index contributed by atoms with van der Waals surface area (Å²) in [6, 6.07) is 0.423. The molecule has 0 bridgehead atoms. The second-order valence-corrected chi connectivity index (χ2v) is 12.3. The van der Waals surface area contributed by atoms with Crippen molar-refractivity contribution in [1.82, 2.24) is 0 Å². The van der Waals surface area contributed by atoms with Crippen LogP contribution >= 0.6 is 0 Å². The van der Waals surface area contributed by atoms with Gasteiger partial charge in [-0.2, -0.15) is 0 Å². The van der Waals surface area contributed by atoms with E-state index in [4.69, 9.17) is 5.73 Å². The minimum absolute atomic E-state index is 0.423. The molecule has 1 nitrogen and oxygen atoms in total. The molecular formula is C27H47N. The fourth-order valence-corrected chi connectivity index (χ4v) is 8.71. The second-order valence-electron chi connectivity index (χ2n) is 12.3. The van der Waals surface area contributed by atoms with Gasteiger partial charge in [0.1, 0.15) is 0 Å². The molecule has 3 fully saturated rings. The Labute approximate surface area is 175 Å². The highest BCUT2D eigenvalue weighted by atomic mass is 14.7. The molecule has 8 atom stereocenters. The smallest absolute Gasteiger partial charge is 0.00766 e. The van der Waals surface area contributed by atoms with Crippen LogP contribution in [0.5, 0.6) is 0 Å². The van der Waals surface area contributed by atoms with E-state index in [1.54, 1.807) is 5.57 Å². The lowest BCUT2D eigenvalue weighted by Crippen LogP contribution is -2.51. The van der Waals surface area contributed by atoms with Crippen molar-refractivity contribution in [3.63, 3.8) is 0 Å². The summed E-state index contributed by atoms with van der Waals surface area (Å²) < 4.78 is 0. The van der Waals surface area contributed by atoms with Gasteiger partial charge in [-0.05, 0) is 97.7 Å². The number of rotatable bonds is 5. The third-order valence-corrected chi connectivity index (χ3v) is 10.3. The average Bonchev–Trinajstić information content (AvgIpc) is 2.99. The number of nitrogens with two attached hydrogens (primary N) is 1. The summed E-state index contributed by atoms with van der Waals surface area (Å²) in [4.78, 5) is 0. The zero-order chi connectivity index (χ0) is 20.1. The van der Waals surface area contributed by atoms with Crippen LogP contribution in [0, 0.1) is 46.3 Å². The first kappa shape index (κ1) is 21.0. The van der Waals surface area contributed by atoms with Gasteiger partial charge in [0.2, 0.25) is 0 Å². The predicted octanol–water partition coefficient (Wildman–Crippen LogP) is 7.36. The lowest BCUT2D eigenvalue weighted by Gasteiger charge is -2.58. The van der Waals surface area contributed by atoms with Crippen molar-refractivity contribution < 1.29 is 0 Å². The zero-order valence-electron chi connectivity index (χ0n) is 19.5. The average molecular weight is 386 g/mol. The van der Waals surface area contributed by atoms with Crippen LogP contribution in [0.1, 0.15) is 105 Å². The third kappa shape index (κ3) is 3.42. The molecule has 2 N–H and O–H groups in total. The molecule has 0 spiro atoms. The number of allylic oxidation sites excluding steroid dienone is 1. The molecule has 1 heteroatoms. The maximum Gasteiger partial charge on any atom is 0.00766 e. The first-order chi connectivity index (χ1) is 13.3. The highest BCUT2D eigenvalue weighted by Gasteiger charge is 2.58. The maximum atomic E-state index is 6.34. The van der Waals surface area contributed by atoms with Gasteiger partial charge in [0, 0.05) is 6.04 Å². The SMILES string of the molecule is CC(C)CCCC(C)C1CCC2[C@@H]3CC=C4C[C@H](N)CC[C@]4(C)C3CC[C@]12C. The predicted molar refractivity (Wildman–Crippen MR) is 121 cm³/mol. The van der Waals surface area contributed by atoms with Crippen LogP contribution in [0.15, 0.2) is 11.6 Å². The van der Waals surface area contributed by atoms with E-state index in [1.165, 1.54) is 70.6 Å². The van der Waals surface area contributed by atoms with Gasteiger partial charge in [0.05, 0.1) is 0 Å². The van der Waals surface area contributed by atoms with Crippen molar-refractivity contribution in [2.45, 2.75) is 111 Å². The molecule has 4 rings (SSSR count). The summed E-state index contributed by atoms with van der Waals surface area (Å²) in [6.07, 6.45) is 18.1. The van der Waals surface area contributed by atoms with Gasteiger partial charge in [-0.1, -0.05) is 65.5 Å². The molecule has 0 aromatic heterocycles. The van der Waals surface area contributed by atoms with Gasteiger partial charge in [0.15, 0.2) is 0 Å². The van der Waals surface area contributed by atoms with Crippen LogP contribution in [0.3, 0.4) is 0 Å². The Morgan fingerprint density at radius 1 is 1.00 bits per heavy atom. The van der Waals surface area contributed by atoms with Gasteiger partial charge in [-0.25, -0.2) is 0 Å². The molecule has 4 aliphatic rings. The van der Waals surface area contributed by atoms with Crippen LogP contribution in [0.4, 0.5) is 0 Å². The van der Waals surface area contributed by atoms with Gasteiger partial charge in [-0.3, -0.25) is 0 Å². The van der Waals surface area contributed by atoms with Crippen LogP contribution in [0.2, 0.25) is 0 Å². The topological polar surface area (TPSA) is 26.0 Å². The molecule has 28 heavy (non-hydrogen) atoms. The van der Waals surface area contributed by atoms with Gasteiger partial charge in [-0.15, -0.1) is 0 Å². The third-order valence-electron chi connectivity index (χ3n) is 10.3. The van der Waals surface area contributed by atoms with Crippen LogP contribution in [0.25, 0.3) is 0 Å². The molecule has 0 aliphatic heterocycles. The van der Waals surface area contributed by atoms with Gasteiger partial charge < -0.3 is 5.73 Å². The van der Waals surface area contributed by atoms with E-state index in [1.807, 2.05) is 0 Å². The Hall–Kier alpha value is -0.300. The minimum Gasteiger partial charge on any atom is -0.327 e. The van der Waals surface area contributed by atoms with Crippen molar-refractivity contribution in [2.75, 3.05) is 0 Å². The van der Waals surface area contributed by atoms with E-state index in [0.29, 0.717) is 16.9 Å². The summed E-state index contributed by atoms with van der Waals surface area (Å²) in [5, 5.41) is 0. The van der Waals surface area contributed by atoms with Crippen molar-refractivity contribution in [1.29, 1.82) is 0 Å². The molecule has 4 aliphatic carbocycles. The highest BCUT2D eigenvalue weighted by Crippen LogP contribution is 2.67. The van der Waals surface area contributed by atoms with Crippen molar-refractivity contribution >= 4 is 0 Å². The van der Waals surface area contributed by atoms with E-state index in [9.17, 15) is 0 Å². The Morgan fingerprint density at radius 3 is 2.54 bits per heavy atom. The summed E-state index contributed by atoms with van der Waals surface area (Å²) in [6.45, 7) is 12.7. The Kier molecular flexibility index (Phi) is 5.80. The monoisotopic (exact) mass is 385 g/mol. The first-order valence-electron chi connectivity index (χ1n) is 12.7. The van der Waals surface area contributed by atoms with Gasteiger partial charge in [0.25, 0.3) is 0 Å². The molecule has 0 saturated heterocycles. The molecular weight excluding hydrogens is 338 g/mol. The number of hydrogen-bond acceptors (Lipinski definition) is 1. The molecule has 0 radical (unpaired) electrons. The summed E-state index contributed by atoms with van der Waals surface area (Å²) in [5.74, 6) is 5.63. The van der Waals surface area contributed by atoms with Crippen LogP contribution < -0.4 is 5.73 Å². The molecule has 4 unspecified atom stereocenters. The Morgan fingerprint density at radius 2 is 1.79 bits per heavy atom. The van der Waals surface area contributed by atoms with Crippen molar-refractivity contribution in [3.8, 4) is 0 Å². The lowest BCUT2D eigenvalue weighted by molar-refractivity contribution is -0.0508. The number of fused-ring (bicyclic) bond motifs is 5. The fourth-order valence-electron chi connectivity index (χ4n) is 8.71. The Balaban J connectivity index is 1.49. The quantitative estimate of drug-likeness (QED) is 0.492. The van der Waals surface area contributed by atoms with Crippen LogP contribution in [-0.2, 0) is 0 Å². The lowest BCUT2D eigenvalue weighted by atomic mass is 9.47. The molecule has 0 aromatic rings. The standard InChI is InChI=1S/C27H47N/c1-18(2)7-6-8-19(3)23-11-12-24-22-10-9-20-17-21(28)13-15-26(20,4)25(22)14-16-27(23,24)5/h9,18-19,21-25H,6-8,10-17,28H2,1-5H3/t19?,21-,22+,23?,24?,25?,26+,27-/m1/s1. The fraction of sp³-hybridized carbons (Fsp3) is 0.926. The van der Waals surface area contributed by atoms with E-state index in [-0.39, 0.29) is 0 Å². The van der Waals surface area contributed by atoms with E-state index < -0.39 is 0 Å². The summed E-state index contributed by atoms with van der Waals surface area (Å²) in [7, 11) is 0. The Bertz CT molecular complexity index is 591. The molecule has 3 saturated carbocycles. The van der Waals surface area contributed by atoms with Gasteiger partial charge >= 0.3 is 0 Å². The van der Waals surface area contributed by atoms with E-state index in [2.05, 4.69) is 40.7 Å². The van der Waals surface area contributed by atoms with E-state index >= 15 is 0 Å². The second kappa shape index (κ2) is 7.75. The molecule has 0 heterocycles. The molecule has 0 aromatic carbocycles. The largest absolute Gasteiger partial charge is 0.327 e. The first-order valence-corrected chi connectivity index (χ1v) is 12.7. The van der Waals surface area contributed by atoms with Crippen molar-refractivity contribution in [2.24, 2.45) is 52.1 Å².